The summed E-state index contributed by atoms with van der Waals surface area (Å²) in [5.41, 5.74) is 2.24. The lowest BCUT2D eigenvalue weighted by Crippen LogP contribution is -2.47. The van der Waals surface area contributed by atoms with Gasteiger partial charge in [-0.3, -0.25) is 14.0 Å². The van der Waals surface area contributed by atoms with Crippen LogP contribution in [-0.4, -0.2) is 57.7 Å². The first-order valence-electron chi connectivity index (χ1n) is 10.0. The van der Waals surface area contributed by atoms with Crippen LogP contribution in [0, 0.1) is 0 Å². The highest BCUT2D eigenvalue weighted by Gasteiger charge is 2.27. The third-order valence-corrected chi connectivity index (χ3v) is 6.82. The Balaban J connectivity index is 1.62. The fourth-order valence-corrected chi connectivity index (χ4v) is 5.07. The Kier molecular flexibility index (Phi) is 6.42. The van der Waals surface area contributed by atoms with Crippen molar-refractivity contribution in [3.63, 3.8) is 0 Å². The van der Waals surface area contributed by atoms with Gasteiger partial charge in [-0.15, -0.1) is 0 Å². The number of hydrogen-bond donors (Lipinski definition) is 1. The third-order valence-electron chi connectivity index (χ3n) is 5.64. The van der Waals surface area contributed by atoms with Crippen LogP contribution in [0.5, 0.6) is 0 Å². The molecule has 1 fully saturated rings. The summed E-state index contributed by atoms with van der Waals surface area (Å²) < 4.78 is 25.1. The van der Waals surface area contributed by atoms with Gasteiger partial charge in [0, 0.05) is 24.7 Å². The van der Waals surface area contributed by atoms with E-state index in [1.165, 1.54) is 36.2 Å². The van der Waals surface area contributed by atoms with Crippen molar-refractivity contribution >= 4 is 21.6 Å². The van der Waals surface area contributed by atoms with E-state index in [0.29, 0.717) is 36.8 Å². The van der Waals surface area contributed by atoms with Gasteiger partial charge in [-0.1, -0.05) is 19.8 Å². The summed E-state index contributed by atoms with van der Waals surface area (Å²) in [6.45, 7) is 5.57. The van der Waals surface area contributed by atoms with Crippen LogP contribution >= 0.6 is 0 Å². The summed E-state index contributed by atoms with van der Waals surface area (Å²) in [7, 11) is -3.26. The summed E-state index contributed by atoms with van der Waals surface area (Å²) >= 11 is 0. The standard InChI is InChI=1S/C20H31N3O3S/c1-3-4-11-22-12-6-5-7-18(22)15-21-20(24)17-8-9-19-16(14-17)10-13-23(19)27(2,25)26/h8-9,14,18H,3-7,10-13,15H2,1-2H3,(H,21,24). The number of nitrogens with zero attached hydrogens (tertiary/aromatic N) is 2. The van der Waals surface area contributed by atoms with Gasteiger partial charge in [0.2, 0.25) is 10.0 Å². The van der Waals surface area contributed by atoms with Gasteiger partial charge >= 0.3 is 0 Å². The van der Waals surface area contributed by atoms with Gasteiger partial charge in [0.05, 0.1) is 11.9 Å². The van der Waals surface area contributed by atoms with E-state index in [2.05, 4.69) is 17.1 Å². The highest BCUT2D eigenvalue weighted by Crippen LogP contribution is 2.30. The molecule has 1 N–H and O–H groups in total. The van der Waals surface area contributed by atoms with Gasteiger partial charge in [-0.25, -0.2) is 8.42 Å². The lowest BCUT2D eigenvalue weighted by Gasteiger charge is -2.35. The predicted octanol–water partition coefficient (Wildman–Crippen LogP) is 2.39. The summed E-state index contributed by atoms with van der Waals surface area (Å²) in [5.74, 6) is -0.0726. The number of likely N-dealkylation sites (tertiary alicyclic amines) is 1. The number of nitrogens with one attached hydrogen (secondary N) is 1. The monoisotopic (exact) mass is 393 g/mol. The summed E-state index contributed by atoms with van der Waals surface area (Å²) in [5, 5.41) is 3.10. The molecule has 0 bridgehead atoms. The Morgan fingerprint density at radius 3 is 2.81 bits per heavy atom. The molecule has 0 saturated carbocycles. The molecule has 1 amide bonds. The van der Waals surface area contributed by atoms with Crippen molar-refractivity contribution in [2.24, 2.45) is 0 Å². The van der Waals surface area contributed by atoms with Gasteiger partial charge < -0.3 is 5.32 Å². The molecule has 0 aromatic heterocycles. The van der Waals surface area contributed by atoms with Crippen molar-refractivity contribution in [2.45, 2.75) is 51.5 Å². The largest absolute Gasteiger partial charge is 0.350 e. The molecule has 27 heavy (non-hydrogen) atoms. The Hall–Kier alpha value is -1.60. The van der Waals surface area contributed by atoms with Gasteiger partial charge in [0.25, 0.3) is 5.91 Å². The fourth-order valence-electron chi connectivity index (χ4n) is 4.12. The Bertz CT molecular complexity index is 779. The number of amides is 1. The average Bonchev–Trinajstić information content (AvgIpc) is 3.08. The summed E-state index contributed by atoms with van der Waals surface area (Å²) in [6, 6.07) is 5.75. The van der Waals surface area contributed by atoms with Crippen molar-refractivity contribution in [1.29, 1.82) is 0 Å². The quantitative estimate of drug-likeness (QED) is 0.772. The number of hydrogen-bond acceptors (Lipinski definition) is 4. The molecule has 2 heterocycles. The lowest BCUT2D eigenvalue weighted by molar-refractivity contribution is 0.0912. The van der Waals surface area contributed by atoms with E-state index in [-0.39, 0.29) is 5.91 Å². The van der Waals surface area contributed by atoms with Crippen LogP contribution in [0.25, 0.3) is 0 Å². The normalized spacial score (nSPS) is 20.5. The first-order chi connectivity index (χ1) is 12.9. The highest BCUT2D eigenvalue weighted by molar-refractivity contribution is 7.92. The molecular formula is C20H31N3O3S. The zero-order valence-electron chi connectivity index (χ0n) is 16.4. The van der Waals surface area contributed by atoms with Crippen LogP contribution in [0.1, 0.15) is 54.9 Å². The molecule has 1 aromatic carbocycles. The van der Waals surface area contributed by atoms with Crippen LogP contribution in [0.15, 0.2) is 18.2 Å². The molecule has 1 unspecified atom stereocenters. The number of piperidine rings is 1. The maximum absolute atomic E-state index is 12.6. The van der Waals surface area contributed by atoms with Crippen molar-refractivity contribution in [3.05, 3.63) is 29.3 Å². The number of anilines is 1. The number of carbonyl (C=O) groups excluding carboxylic acids is 1. The van der Waals surface area contributed by atoms with Gasteiger partial charge in [0.15, 0.2) is 0 Å². The molecular weight excluding hydrogens is 362 g/mol. The number of unbranched alkanes of at least 4 members (excludes halogenated alkanes) is 1. The molecule has 0 aliphatic carbocycles. The van der Waals surface area contributed by atoms with Crippen LogP contribution in [-0.2, 0) is 16.4 Å². The minimum atomic E-state index is -3.26. The van der Waals surface area contributed by atoms with Crippen molar-refractivity contribution in [3.8, 4) is 0 Å². The average molecular weight is 394 g/mol. The Labute approximate surface area is 163 Å². The number of benzene rings is 1. The predicted molar refractivity (Wildman–Crippen MR) is 109 cm³/mol. The second-order valence-electron chi connectivity index (χ2n) is 7.68. The first-order valence-corrected chi connectivity index (χ1v) is 11.9. The second kappa shape index (κ2) is 8.61. The van der Waals surface area contributed by atoms with Crippen LogP contribution in [0.4, 0.5) is 5.69 Å². The summed E-state index contributed by atoms with van der Waals surface area (Å²) in [6.07, 6.45) is 7.87. The number of sulfonamides is 1. The SMILES string of the molecule is CCCCN1CCCCC1CNC(=O)c1ccc2c(c1)CCN2S(C)(=O)=O. The lowest BCUT2D eigenvalue weighted by atomic mass is 10.0. The van der Waals surface area contributed by atoms with Crippen LogP contribution in [0.2, 0.25) is 0 Å². The van der Waals surface area contributed by atoms with Crippen molar-refractivity contribution < 1.29 is 13.2 Å². The first kappa shape index (κ1) is 20.1. The zero-order valence-corrected chi connectivity index (χ0v) is 17.2. The minimum Gasteiger partial charge on any atom is -0.350 e. The van der Waals surface area contributed by atoms with E-state index in [4.69, 9.17) is 0 Å². The van der Waals surface area contributed by atoms with E-state index in [1.54, 1.807) is 12.1 Å². The van der Waals surface area contributed by atoms with Crippen molar-refractivity contribution in [1.82, 2.24) is 10.2 Å². The van der Waals surface area contributed by atoms with Crippen LogP contribution < -0.4 is 9.62 Å². The number of rotatable bonds is 7. The minimum absolute atomic E-state index is 0.0726. The van der Waals surface area contributed by atoms with Crippen molar-refractivity contribution in [2.75, 3.05) is 36.7 Å². The molecule has 2 aliphatic heterocycles. The Morgan fingerprint density at radius 2 is 2.07 bits per heavy atom. The molecule has 7 heteroatoms. The molecule has 3 rings (SSSR count). The molecule has 6 nitrogen and oxygen atoms in total. The highest BCUT2D eigenvalue weighted by atomic mass is 32.2. The van der Waals surface area contributed by atoms with E-state index >= 15 is 0 Å². The van der Waals surface area contributed by atoms with E-state index < -0.39 is 10.0 Å². The molecule has 0 radical (unpaired) electrons. The fraction of sp³-hybridized carbons (Fsp3) is 0.650. The smallest absolute Gasteiger partial charge is 0.251 e. The molecule has 1 atom stereocenters. The van der Waals surface area contributed by atoms with E-state index in [9.17, 15) is 13.2 Å². The number of carbonyl (C=O) groups is 1. The molecule has 2 aliphatic rings. The zero-order chi connectivity index (χ0) is 19.4. The molecule has 1 aromatic rings. The van der Waals surface area contributed by atoms with E-state index in [1.807, 2.05) is 6.07 Å². The number of fused-ring (bicyclic) bond motifs is 1. The second-order valence-corrected chi connectivity index (χ2v) is 9.58. The van der Waals surface area contributed by atoms with Gasteiger partial charge in [0.1, 0.15) is 0 Å². The Morgan fingerprint density at radius 1 is 1.26 bits per heavy atom. The topological polar surface area (TPSA) is 69.7 Å². The van der Waals surface area contributed by atoms with E-state index in [0.717, 1.165) is 25.1 Å². The molecule has 150 valence electrons. The van der Waals surface area contributed by atoms with Crippen LogP contribution in [0.3, 0.4) is 0 Å². The third kappa shape index (κ3) is 4.82. The summed E-state index contributed by atoms with van der Waals surface area (Å²) in [4.78, 5) is 15.1. The maximum Gasteiger partial charge on any atom is 0.251 e. The molecule has 0 spiro atoms. The molecule has 1 saturated heterocycles. The van der Waals surface area contributed by atoms with Gasteiger partial charge in [-0.05, 0) is 62.5 Å². The maximum atomic E-state index is 12.6. The van der Waals surface area contributed by atoms with Gasteiger partial charge in [-0.2, -0.15) is 0 Å².